The Hall–Kier alpha value is -3.07. The maximum absolute atomic E-state index is 13.9. The monoisotopic (exact) mass is 575 g/mol. The standard InChI is InChI=1S/C28H31Cl2N3O4S/c1-4-16-31-28(35)21(3)32(18-22-10-8-9-13-25(22)30)27(34)19-33(26-15-14-23(29)17-20(26)2)38(36,37)24-11-6-5-7-12-24/h5-15,17,21H,4,16,18-19H2,1-3H3,(H,31,35)/t21-/m0/s1. The van der Waals surface area contributed by atoms with Crippen LogP contribution in [0.25, 0.3) is 0 Å². The zero-order valence-electron chi connectivity index (χ0n) is 21.5. The van der Waals surface area contributed by atoms with Crippen LogP contribution >= 0.6 is 23.2 Å². The SMILES string of the molecule is CCCNC(=O)[C@H](C)N(Cc1ccccc1Cl)C(=O)CN(c1ccc(Cl)cc1C)S(=O)(=O)c1ccccc1. The van der Waals surface area contributed by atoms with Gasteiger partial charge in [0.25, 0.3) is 10.0 Å². The highest BCUT2D eigenvalue weighted by Crippen LogP contribution is 2.29. The van der Waals surface area contributed by atoms with Crippen LogP contribution < -0.4 is 9.62 Å². The molecule has 3 aromatic carbocycles. The third-order valence-electron chi connectivity index (χ3n) is 6.05. The van der Waals surface area contributed by atoms with Crippen molar-refractivity contribution in [1.82, 2.24) is 10.2 Å². The molecule has 0 saturated carbocycles. The molecule has 2 amide bonds. The van der Waals surface area contributed by atoms with E-state index in [4.69, 9.17) is 23.2 Å². The first-order valence-electron chi connectivity index (χ1n) is 12.2. The molecule has 0 aliphatic heterocycles. The summed E-state index contributed by atoms with van der Waals surface area (Å²) < 4.78 is 28.7. The minimum absolute atomic E-state index is 0.0258. The van der Waals surface area contributed by atoms with Crippen molar-refractivity contribution in [1.29, 1.82) is 0 Å². The van der Waals surface area contributed by atoms with Crippen molar-refractivity contribution in [3.63, 3.8) is 0 Å². The molecule has 1 atom stereocenters. The fourth-order valence-electron chi connectivity index (χ4n) is 3.92. The molecule has 38 heavy (non-hydrogen) atoms. The molecule has 0 saturated heterocycles. The van der Waals surface area contributed by atoms with Crippen LogP contribution in [0.4, 0.5) is 5.69 Å². The average Bonchev–Trinajstić information content (AvgIpc) is 2.90. The second-order valence-electron chi connectivity index (χ2n) is 8.84. The van der Waals surface area contributed by atoms with E-state index in [1.54, 1.807) is 74.5 Å². The van der Waals surface area contributed by atoms with Gasteiger partial charge in [-0.25, -0.2) is 8.42 Å². The minimum atomic E-state index is -4.14. The van der Waals surface area contributed by atoms with Crippen molar-refractivity contribution < 1.29 is 18.0 Å². The van der Waals surface area contributed by atoms with Gasteiger partial charge in [0.1, 0.15) is 12.6 Å². The topological polar surface area (TPSA) is 86.8 Å². The number of benzene rings is 3. The number of anilines is 1. The Balaban J connectivity index is 2.05. The first kappa shape index (κ1) is 29.5. The van der Waals surface area contributed by atoms with Crippen LogP contribution in [0.2, 0.25) is 10.0 Å². The van der Waals surface area contributed by atoms with Crippen LogP contribution in [0.15, 0.2) is 77.7 Å². The number of carbonyl (C=O) groups excluding carboxylic acids is 2. The number of aryl methyl sites for hydroxylation is 1. The van der Waals surface area contributed by atoms with E-state index in [0.717, 1.165) is 10.7 Å². The van der Waals surface area contributed by atoms with Crippen LogP contribution in [0.5, 0.6) is 0 Å². The summed E-state index contributed by atoms with van der Waals surface area (Å²) in [6, 6.07) is 18.8. The molecule has 3 rings (SSSR count). The Morgan fingerprint density at radius 2 is 1.63 bits per heavy atom. The molecule has 0 aliphatic rings. The quantitative estimate of drug-likeness (QED) is 0.330. The fraction of sp³-hybridized carbons (Fsp3) is 0.286. The van der Waals surface area contributed by atoms with Crippen molar-refractivity contribution in [3.05, 3.63) is 94.0 Å². The summed E-state index contributed by atoms with van der Waals surface area (Å²) >= 11 is 12.5. The van der Waals surface area contributed by atoms with E-state index in [0.29, 0.717) is 33.4 Å². The molecule has 0 aromatic heterocycles. The van der Waals surface area contributed by atoms with Crippen LogP contribution in [-0.2, 0) is 26.2 Å². The lowest BCUT2D eigenvalue weighted by atomic mass is 10.1. The van der Waals surface area contributed by atoms with Gasteiger partial charge in [0.05, 0.1) is 10.6 Å². The summed E-state index contributed by atoms with van der Waals surface area (Å²) in [4.78, 5) is 28.2. The van der Waals surface area contributed by atoms with Crippen molar-refractivity contribution >= 4 is 50.7 Å². The molecule has 0 unspecified atom stereocenters. The molecule has 0 bridgehead atoms. The zero-order chi connectivity index (χ0) is 27.9. The molecule has 0 spiro atoms. The third-order valence-corrected chi connectivity index (χ3v) is 8.43. The first-order chi connectivity index (χ1) is 18.1. The summed E-state index contributed by atoms with van der Waals surface area (Å²) in [7, 11) is -4.14. The Kier molecular flexibility index (Phi) is 10.2. The number of amides is 2. The minimum Gasteiger partial charge on any atom is -0.354 e. The van der Waals surface area contributed by atoms with Crippen molar-refractivity contribution in [2.45, 2.75) is 44.7 Å². The molecule has 0 aliphatic carbocycles. The van der Waals surface area contributed by atoms with Gasteiger partial charge in [-0.1, -0.05) is 66.5 Å². The lowest BCUT2D eigenvalue weighted by molar-refractivity contribution is -0.139. The van der Waals surface area contributed by atoms with E-state index in [9.17, 15) is 18.0 Å². The van der Waals surface area contributed by atoms with Crippen molar-refractivity contribution in [2.24, 2.45) is 0 Å². The predicted octanol–water partition coefficient (Wildman–Crippen LogP) is 5.44. The fourth-order valence-corrected chi connectivity index (χ4v) is 5.84. The second kappa shape index (κ2) is 13.1. The number of nitrogens with one attached hydrogen (secondary N) is 1. The van der Waals surface area contributed by atoms with E-state index in [1.807, 2.05) is 6.92 Å². The van der Waals surface area contributed by atoms with Gasteiger partial charge < -0.3 is 10.2 Å². The smallest absolute Gasteiger partial charge is 0.264 e. The van der Waals surface area contributed by atoms with Gasteiger partial charge in [-0.05, 0) is 67.8 Å². The number of halogens is 2. The van der Waals surface area contributed by atoms with E-state index < -0.39 is 28.5 Å². The molecule has 1 N–H and O–H groups in total. The number of nitrogens with zero attached hydrogens (tertiary/aromatic N) is 2. The Bertz CT molecular complexity index is 1380. The van der Waals surface area contributed by atoms with Gasteiger partial charge in [-0.15, -0.1) is 0 Å². The second-order valence-corrected chi connectivity index (χ2v) is 11.5. The summed E-state index contributed by atoms with van der Waals surface area (Å²) in [5, 5.41) is 3.69. The lowest BCUT2D eigenvalue weighted by Gasteiger charge is -2.32. The van der Waals surface area contributed by atoms with Gasteiger partial charge in [0.15, 0.2) is 0 Å². The van der Waals surface area contributed by atoms with E-state index >= 15 is 0 Å². The molecule has 0 heterocycles. The predicted molar refractivity (Wildman–Crippen MR) is 152 cm³/mol. The number of rotatable bonds is 11. The highest BCUT2D eigenvalue weighted by Gasteiger charge is 2.33. The van der Waals surface area contributed by atoms with E-state index in [2.05, 4.69) is 5.32 Å². The van der Waals surface area contributed by atoms with Crippen LogP contribution in [0.3, 0.4) is 0 Å². The number of sulfonamides is 1. The lowest BCUT2D eigenvalue weighted by Crippen LogP contribution is -2.51. The van der Waals surface area contributed by atoms with Crippen LogP contribution in [0.1, 0.15) is 31.4 Å². The molecular weight excluding hydrogens is 545 g/mol. The Morgan fingerprint density at radius 3 is 2.26 bits per heavy atom. The van der Waals surface area contributed by atoms with Gasteiger partial charge in [0.2, 0.25) is 11.8 Å². The zero-order valence-corrected chi connectivity index (χ0v) is 23.9. The number of carbonyl (C=O) groups is 2. The molecular formula is C28H31Cl2N3O4S. The highest BCUT2D eigenvalue weighted by molar-refractivity contribution is 7.92. The van der Waals surface area contributed by atoms with Gasteiger partial charge in [-0.3, -0.25) is 13.9 Å². The largest absolute Gasteiger partial charge is 0.354 e. The maximum Gasteiger partial charge on any atom is 0.264 e. The van der Waals surface area contributed by atoms with Gasteiger partial charge >= 0.3 is 0 Å². The molecule has 10 heteroatoms. The van der Waals surface area contributed by atoms with Crippen LogP contribution in [0, 0.1) is 6.92 Å². The van der Waals surface area contributed by atoms with E-state index in [-0.39, 0.29) is 17.3 Å². The van der Waals surface area contributed by atoms with Gasteiger partial charge in [0, 0.05) is 23.1 Å². The van der Waals surface area contributed by atoms with E-state index in [1.165, 1.54) is 17.0 Å². The third kappa shape index (κ3) is 7.07. The summed E-state index contributed by atoms with van der Waals surface area (Å²) in [6.45, 7) is 5.21. The highest BCUT2D eigenvalue weighted by atomic mass is 35.5. The Morgan fingerprint density at radius 1 is 0.974 bits per heavy atom. The van der Waals surface area contributed by atoms with Gasteiger partial charge in [-0.2, -0.15) is 0 Å². The molecule has 202 valence electrons. The van der Waals surface area contributed by atoms with Crippen molar-refractivity contribution in [3.8, 4) is 0 Å². The van der Waals surface area contributed by atoms with Crippen LogP contribution in [-0.4, -0.2) is 44.3 Å². The number of hydrogen-bond donors (Lipinski definition) is 1. The normalized spacial score (nSPS) is 12.0. The summed E-state index contributed by atoms with van der Waals surface area (Å²) in [5.41, 5.74) is 1.53. The average molecular weight is 577 g/mol. The first-order valence-corrected chi connectivity index (χ1v) is 14.4. The Labute approximate surface area is 234 Å². The van der Waals surface area contributed by atoms with Crippen molar-refractivity contribution in [2.75, 3.05) is 17.4 Å². The summed E-state index contributed by atoms with van der Waals surface area (Å²) in [6.07, 6.45) is 0.732. The summed E-state index contributed by atoms with van der Waals surface area (Å²) in [5.74, 6) is -0.898. The molecule has 3 aromatic rings. The number of hydrogen-bond acceptors (Lipinski definition) is 4. The maximum atomic E-state index is 13.9. The molecule has 0 radical (unpaired) electrons. The molecule has 0 fully saturated rings. The molecule has 7 nitrogen and oxygen atoms in total.